The summed E-state index contributed by atoms with van der Waals surface area (Å²) in [6.07, 6.45) is 19.6. The summed E-state index contributed by atoms with van der Waals surface area (Å²) >= 11 is 0. The largest absolute Gasteiger partial charge is 1.00 e. The molecule has 1 aliphatic rings. The third-order valence-corrected chi connectivity index (χ3v) is 5.19. The van der Waals surface area contributed by atoms with E-state index in [1.807, 2.05) is 0 Å². The van der Waals surface area contributed by atoms with Gasteiger partial charge in [-0.15, -0.1) is 0 Å². The van der Waals surface area contributed by atoms with Crippen LogP contribution in [0.3, 0.4) is 0 Å². The van der Waals surface area contributed by atoms with Crippen LogP contribution in [0.4, 0.5) is 0 Å². The first-order valence-corrected chi connectivity index (χ1v) is 10.6. The maximum atomic E-state index is 10.9. The number of rotatable bonds is 16. The summed E-state index contributed by atoms with van der Waals surface area (Å²) < 4.78 is 10.6. The van der Waals surface area contributed by atoms with Gasteiger partial charge in [-0.1, -0.05) is 96.8 Å². The molecule has 0 aromatic heterocycles. The van der Waals surface area contributed by atoms with E-state index in [2.05, 4.69) is 6.92 Å². The molecule has 1 saturated heterocycles. The Hall–Kier alpha value is 0.390. The second kappa shape index (κ2) is 16.4. The summed E-state index contributed by atoms with van der Waals surface area (Å²) in [5, 5.41) is 10.9. The van der Waals surface area contributed by atoms with Crippen LogP contribution in [-0.4, -0.2) is 24.5 Å². The van der Waals surface area contributed by atoms with Crippen LogP contribution in [0.15, 0.2) is 0 Å². The summed E-state index contributed by atoms with van der Waals surface area (Å²) in [4.78, 5) is 10.9. The molecular formula is C21H39NaO4. The van der Waals surface area contributed by atoms with E-state index in [0.717, 1.165) is 12.8 Å². The van der Waals surface area contributed by atoms with Crippen LogP contribution in [0.1, 0.15) is 110 Å². The first-order chi connectivity index (χ1) is 12.1. The molecule has 0 bridgehead atoms. The van der Waals surface area contributed by atoms with Gasteiger partial charge in [0.05, 0.1) is 12.7 Å². The zero-order chi connectivity index (χ0) is 18.4. The number of unbranched alkanes of at least 4 members (excludes halogenated alkanes) is 13. The SMILES string of the molecule is CCCCCCCCCCCCCCCCC1COC(C)(C(=O)[O-])O1.[Na+]. The molecule has 0 aliphatic carbocycles. The Morgan fingerprint density at radius 3 is 1.69 bits per heavy atom. The predicted octanol–water partition coefficient (Wildman–Crippen LogP) is 1.74. The van der Waals surface area contributed by atoms with Crippen molar-refractivity contribution in [1.82, 2.24) is 0 Å². The monoisotopic (exact) mass is 378 g/mol. The molecule has 2 unspecified atom stereocenters. The molecular weight excluding hydrogens is 339 g/mol. The van der Waals surface area contributed by atoms with Gasteiger partial charge in [-0.2, -0.15) is 0 Å². The van der Waals surface area contributed by atoms with Crippen molar-refractivity contribution in [3.8, 4) is 0 Å². The Morgan fingerprint density at radius 1 is 0.885 bits per heavy atom. The van der Waals surface area contributed by atoms with Gasteiger partial charge in [-0.05, 0) is 13.3 Å². The van der Waals surface area contributed by atoms with Crippen molar-refractivity contribution in [2.24, 2.45) is 0 Å². The number of carboxylic acids is 1. The second-order valence-corrected chi connectivity index (χ2v) is 7.67. The molecule has 1 rings (SSSR count). The van der Waals surface area contributed by atoms with Gasteiger partial charge in [0.15, 0.2) is 0 Å². The van der Waals surface area contributed by atoms with Gasteiger partial charge in [-0.25, -0.2) is 0 Å². The summed E-state index contributed by atoms with van der Waals surface area (Å²) in [6.45, 7) is 4.06. The third-order valence-electron chi connectivity index (χ3n) is 5.19. The van der Waals surface area contributed by atoms with Crippen LogP contribution < -0.4 is 34.7 Å². The number of carbonyl (C=O) groups is 1. The minimum atomic E-state index is -1.54. The Labute approximate surface area is 183 Å². The van der Waals surface area contributed by atoms with Crippen LogP contribution in [-0.2, 0) is 14.3 Å². The molecule has 0 saturated carbocycles. The van der Waals surface area contributed by atoms with Gasteiger partial charge in [0, 0.05) is 0 Å². The van der Waals surface area contributed by atoms with E-state index < -0.39 is 11.8 Å². The molecule has 26 heavy (non-hydrogen) atoms. The molecule has 1 fully saturated rings. The van der Waals surface area contributed by atoms with Crippen molar-refractivity contribution in [2.75, 3.05) is 6.61 Å². The van der Waals surface area contributed by atoms with Gasteiger partial charge in [-0.3, -0.25) is 0 Å². The Kier molecular flexibility index (Phi) is 16.6. The summed E-state index contributed by atoms with van der Waals surface area (Å²) in [5.74, 6) is -2.82. The van der Waals surface area contributed by atoms with Gasteiger partial charge in [0.2, 0.25) is 5.79 Å². The maximum absolute atomic E-state index is 10.9. The molecule has 0 amide bonds. The normalized spacial score (nSPS) is 22.3. The van der Waals surface area contributed by atoms with E-state index in [-0.39, 0.29) is 35.7 Å². The molecule has 0 aromatic rings. The molecule has 0 aromatic carbocycles. The van der Waals surface area contributed by atoms with Gasteiger partial charge in [0.25, 0.3) is 0 Å². The Morgan fingerprint density at radius 2 is 1.31 bits per heavy atom. The van der Waals surface area contributed by atoms with E-state index in [4.69, 9.17) is 9.47 Å². The minimum Gasteiger partial charge on any atom is -0.544 e. The van der Waals surface area contributed by atoms with Gasteiger partial charge < -0.3 is 19.4 Å². The topological polar surface area (TPSA) is 58.6 Å². The molecule has 1 heterocycles. The van der Waals surface area contributed by atoms with E-state index in [1.165, 1.54) is 90.4 Å². The standard InChI is InChI=1S/C21H40O4.Na/c1-3-4-5-6-7-8-9-10-11-12-13-14-15-16-17-19-18-24-21(2,25-19)20(22)23;/h19H,3-18H2,1-2H3,(H,22,23);/q;+1/p-1. The fourth-order valence-electron chi connectivity index (χ4n) is 3.45. The number of aliphatic carboxylic acids is 1. The molecule has 0 spiro atoms. The molecule has 0 N–H and O–H groups in total. The van der Waals surface area contributed by atoms with Crippen LogP contribution in [0.25, 0.3) is 0 Å². The molecule has 2 atom stereocenters. The third kappa shape index (κ3) is 12.0. The number of carboxylic acid groups (broad SMARTS) is 1. The van der Waals surface area contributed by atoms with E-state index in [1.54, 1.807) is 0 Å². The molecule has 0 radical (unpaired) electrons. The average Bonchev–Trinajstić information content (AvgIpc) is 2.98. The van der Waals surface area contributed by atoms with Crippen molar-refractivity contribution >= 4 is 5.97 Å². The van der Waals surface area contributed by atoms with Gasteiger partial charge in [0.1, 0.15) is 5.97 Å². The summed E-state index contributed by atoms with van der Waals surface area (Å²) in [5.41, 5.74) is 0. The fraction of sp³-hybridized carbons (Fsp3) is 0.952. The van der Waals surface area contributed by atoms with E-state index in [9.17, 15) is 9.90 Å². The van der Waals surface area contributed by atoms with E-state index >= 15 is 0 Å². The van der Waals surface area contributed by atoms with Crippen molar-refractivity contribution in [3.63, 3.8) is 0 Å². The molecule has 4 nitrogen and oxygen atoms in total. The van der Waals surface area contributed by atoms with Crippen molar-refractivity contribution in [1.29, 1.82) is 0 Å². The predicted molar refractivity (Wildman–Crippen MR) is 99.2 cm³/mol. The molecule has 1 aliphatic heterocycles. The number of carbonyl (C=O) groups excluding carboxylic acids is 1. The molecule has 5 heteroatoms. The second-order valence-electron chi connectivity index (χ2n) is 7.67. The average molecular weight is 379 g/mol. The number of ether oxygens (including phenoxy) is 2. The van der Waals surface area contributed by atoms with Crippen LogP contribution in [0, 0.1) is 0 Å². The van der Waals surface area contributed by atoms with Crippen LogP contribution >= 0.6 is 0 Å². The number of hydrogen-bond acceptors (Lipinski definition) is 4. The number of hydrogen-bond donors (Lipinski definition) is 0. The zero-order valence-electron chi connectivity index (χ0n) is 17.5. The summed E-state index contributed by atoms with van der Waals surface area (Å²) in [7, 11) is 0. The smallest absolute Gasteiger partial charge is 0.544 e. The maximum Gasteiger partial charge on any atom is 1.00 e. The van der Waals surface area contributed by atoms with Crippen LogP contribution in [0.2, 0.25) is 0 Å². The van der Waals surface area contributed by atoms with Gasteiger partial charge >= 0.3 is 29.6 Å². The zero-order valence-corrected chi connectivity index (χ0v) is 19.5. The molecule has 148 valence electrons. The summed E-state index contributed by atoms with van der Waals surface area (Å²) in [6, 6.07) is 0. The van der Waals surface area contributed by atoms with Crippen molar-refractivity contribution < 1.29 is 48.9 Å². The quantitative estimate of drug-likeness (QED) is 0.303. The van der Waals surface area contributed by atoms with Crippen molar-refractivity contribution in [2.45, 2.75) is 122 Å². The Bertz CT molecular complexity index is 351. The van der Waals surface area contributed by atoms with E-state index in [0.29, 0.717) is 6.61 Å². The van der Waals surface area contributed by atoms with Crippen molar-refractivity contribution in [3.05, 3.63) is 0 Å². The Balaban J connectivity index is 0.00000625. The first kappa shape index (κ1) is 26.4. The van der Waals surface area contributed by atoms with Crippen LogP contribution in [0.5, 0.6) is 0 Å². The minimum absolute atomic E-state index is 0. The first-order valence-electron chi connectivity index (χ1n) is 10.6. The fourth-order valence-corrected chi connectivity index (χ4v) is 3.45.